The van der Waals surface area contributed by atoms with Crippen LogP contribution in [0, 0.1) is 10.1 Å². The fourth-order valence-electron chi connectivity index (χ4n) is 2.21. The van der Waals surface area contributed by atoms with Crippen molar-refractivity contribution in [2.75, 3.05) is 33.2 Å². The molecule has 1 atom stereocenters. The summed E-state index contributed by atoms with van der Waals surface area (Å²) in [6.07, 6.45) is 0. The van der Waals surface area contributed by atoms with Crippen molar-refractivity contribution in [2.24, 2.45) is 0 Å². The van der Waals surface area contributed by atoms with Gasteiger partial charge in [0.25, 0.3) is 5.69 Å². The van der Waals surface area contributed by atoms with Crippen LogP contribution in [0.4, 0.5) is 5.69 Å². The van der Waals surface area contributed by atoms with E-state index in [4.69, 9.17) is 0 Å². The minimum absolute atomic E-state index is 0.180. The lowest BCUT2D eigenvalue weighted by atomic mass is 10.2. The number of nitro groups is 1. The molecule has 0 bridgehead atoms. The van der Waals surface area contributed by atoms with Gasteiger partial charge in [0.15, 0.2) is 0 Å². The van der Waals surface area contributed by atoms with Crippen molar-refractivity contribution < 1.29 is 14.7 Å². The van der Waals surface area contributed by atoms with Crippen LogP contribution in [0.5, 0.6) is 0 Å². The first-order valence-corrected chi connectivity index (χ1v) is 6.95. The Labute approximate surface area is 115 Å². The summed E-state index contributed by atoms with van der Waals surface area (Å²) in [4.78, 5) is 13.4. The number of likely N-dealkylation sites (N-methyl/N-ethyl adjacent to an activating group) is 2. The Morgan fingerprint density at radius 3 is 2.47 bits per heavy atom. The highest BCUT2D eigenvalue weighted by molar-refractivity contribution is 5.33. The molecule has 0 saturated heterocycles. The normalized spacial score (nSPS) is 12.6. The van der Waals surface area contributed by atoms with E-state index < -0.39 is 0 Å². The maximum Gasteiger partial charge on any atom is 0.269 e. The Bertz CT molecular complexity index is 405. The minimum Gasteiger partial charge on any atom is -0.331 e. The van der Waals surface area contributed by atoms with Crippen LogP contribution in [0.2, 0.25) is 0 Å². The molecular weight excluding hydrogens is 242 g/mol. The summed E-state index contributed by atoms with van der Waals surface area (Å²) in [5, 5.41) is 10.7. The minimum atomic E-state index is -0.334. The lowest BCUT2D eigenvalue weighted by molar-refractivity contribution is -0.953. The molecule has 1 aromatic rings. The summed E-state index contributed by atoms with van der Waals surface area (Å²) >= 11 is 0. The van der Waals surface area contributed by atoms with Gasteiger partial charge in [-0.05, 0) is 13.8 Å². The summed E-state index contributed by atoms with van der Waals surface area (Å²) in [7, 11) is 2.14. The Balaban J connectivity index is 2.50. The van der Waals surface area contributed by atoms with Crippen molar-refractivity contribution in [3.8, 4) is 0 Å². The predicted molar refractivity (Wildman–Crippen MR) is 75.5 cm³/mol. The standard InChI is InChI=1S/C14H23N3O2/c1-4-16(5-2)10-9-15(3)12-13-7-6-8-14(11-13)17(18)19/h6-8,11H,4-5,9-10,12H2,1-3H3/p+2. The molecule has 0 aliphatic heterocycles. The lowest BCUT2D eigenvalue weighted by Gasteiger charge is -2.19. The van der Waals surface area contributed by atoms with Gasteiger partial charge in [-0.25, -0.2) is 0 Å². The molecule has 5 nitrogen and oxygen atoms in total. The third-order valence-electron chi connectivity index (χ3n) is 3.53. The van der Waals surface area contributed by atoms with Gasteiger partial charge < -0.3 is 9.80 Å². The third kappa shape index (κ3) is 5.36. The Morgan fingerprint density at radius 1 is 1.21 bits per heavy atom. The predicted octanol–water partition coefficient (Wildman–Crippen LogP) is -0.466. The monoisotopic (exact) mass is 267 g/mol. The zero-order chi connectivity index (χ0) is 14.3. The lowest BCUT2D eigenvalue weighted by Crippen LogP contribution is -3.18. The average Bonchev–Trinajstić information content (AvgIpc) is 2.40. The van der Waals surface area contributed by atoms with Gasteiger partial charge in [0.05, 0.1) is 25.1 Å². The molecule has 106 valence electrons. The van der Waals surface area contributed by atoms with Crippen LogP contribution < -0.4 is 9.80 Å². The zero-order valence-electron chi connectivity index (χ0n) is 12.1. The fourth-order valence-corrected chi connectivity index (χ4v) is 2.21. The summed E-state index contributed by atoms with van der Waals surface area (Å²) in [6.45, 7) is 9.78. The topological polar surface area (TPSA) is 52.0 Å². The van der Waals surface area contributed by atoms with E-state index in [9.17, 15) is 10.1 Å². The number of nitrogens with zero attached hydrogens (tertiary/aromatic N) is 1. The Morgan fingerprint density at radius 2 is 1.89 bits per heavy atom. The first-order chi connectivity index (χ1) is 9.06. The molecule has 0 amide bonds. The van der Waals surface area contributed by atoms with Gasteiger partial charge in [0.1, 0.15) is 19.6 Å². The van der Waals surface area contributed by atoms with Crippen LogP contribution in [-0.2, 0) is 6.54 Å². The highest BCUT2D eigenvalue weighted by atomic mass is 16.6. The smallest absolute Gasteiger partial charge is 0.269 e. The number of benzene rings is 1. The summed E-state index contributed by atoms with van der Waals surface area (Å²) in [6, 6.07) is 6.93. The molecule has 1 rings (SSSR count). The molecule has 0 aromatic heterocycles. The van der Waals surface area contributed by atoms with Crippen molar-refractivity contribution in [3.63, 3.8) is 0 Å². The van der Waals surface area contributed by atoms with E-state index in [-0.39, 0.29) is 10.6 Å². The molecule has 0 fully saturated rings. The van der Waals surface area contributed by atoms with Crippen LogP contribution in [0.25, 0.3) is 0 Å². The van der Waals surface area contributed by atoms with Crippen LogP contribution in [0.3, 0.4) is 0 Å². The number of nitro benzene ring substituents is 1. The quantitative estimate of drug-likeness (QED) is 0.494. The SMILES string of the molecule is CC[NH+](CC)CC[NH+](C)Cc1cccc([N+](=O)[O-])c1. The van der Waals surface area contributed by atoms with Crippen molar-refractivity contribution >= 4 is 5.69 Å². The van der Waals surface area contributed by atoms with Crippen molar-refractivity contribution in [1.29, 1.82) is 0 Å². The van der Waals surface area contributed by atoms with Crippen molar-refractivity contribution in [2.45, 2.75) is 20.4 Å². The third-order valence-corrected chi connectivity index (χ3v) is 3.53. The van der Waals surface area contributed by atoms with Crippen molar-refractivity contribution in [1.82, 2.24) is 0 Å². The summed E-state index contributed by atoms with van der Waals surface area (Å²) in [5.41, 5.74) is 1.21. The van der Waals surface area contributed by atoms with E-state index in [2.05, 4.69) is 20.9 Å². The van der Waals surface area contributed by atoms with E-state index >= 15 is 0 Å². The Hall–Kier alpha value is -1.46. The molecule has 0 spiro atoms. The number of nitrogens with one attached hydrogen (secondary N) is 2. The van der Waals surface area contributed by atoms with Gasteiger partial charge in [-0.3, -0.25) is 10.1 Å². The zero-order valence-corrected chi connectivity index (χ0v) is 12.1. The van der Waals surface area contributed by atoms with Gasteiger partial charge >= 0.3 is 0 Å². The molecule has 0 aliphatic rings. The number of hydrogen-bond donors (Lipinski definition) is 2. The van der Waals surface area contributed by atoms with E-state index in [1.807, 2.05) is 6.07 Å². The summed E-state index contributed by atoms with van der Waals surface area (Å²) < 4.78 is 0. The van der Waals surface area contributed by atoms with E-state index in [0.717, 1.165) is 38.3 Å². The average molecular weight is 267 g/mol. The second-order valence-corrected chi connectivity index (χ2v) is 5.02. The number of non-ortho nitro benzene ring substituents is 1. The number of quaternary nitrogens is 2. The highest BCUT2D eigenvalue weighted by Crippen LogP contribution is 2.11. The first kappa shape index (κ1) is 15.6. The van der Waals surface area contributed by atoms with Gasteiger partial charge in [0.2, 0.25) is 0 Å². The van der Waals surface area contributed by atoms with E-state index in [0.29, 0.717) is 0 Å². The van der Waals surface area contributed by atoms with Gasteiger partial charge in [-0.15, -0.1) is 0 Å². The largest absolute Gasteiger partial charge is 0.331 e. The first-order valence-electron chi connectivity index (χ1n) is 6.95. The summed E-state index contributed by atoms with van der Waals surface area (Å²) in [5.74, 6) is 0. The molecule has 1 aromatic carbocycles. The molecule has 0 aliphatic carbocycles. The highest BCUT2D eigenvalue weighted by Gasteiger charge is 2.11. The van der Waals surface area contributed by atoms with Gasteiger partial charge in [0, 0.05) is 17.7 Å². The molecule has 19 heavy (non-hydrogen) atoms. The van der Waals surface area contributed by atoms with Gasteiger partial charge in [-0.2, -0.15) is 0 Å². The maximum absolute atomic E-state index is 10.7. The van der Waals surface area contributed by atoms with Crippen LogP contribution in [0.1, 0.15) is 19.4 Å². The van der Waals surface area contributed by atoms with Crippen molar-refractivity contribution in [3.05, 3.63) is 39.9 Å². The number of hydrogen-bond acceptors (Lipinski definition) is 2. The Kier molecular flexibility index (Phi) is 6.45. The molecule has 1 unspecified atom stereocenters. The van der Waals surface area contributed by atoms with E-state index in [1.54, 1.807) is 23.1 Å². The molecular formula is C14H25N3O2+2. The van der Waals surface area contributed by atoms with Crippen LogP contribution >= 0.6 is 0 Å². The fraction of sp³-hybridized carbons (Fsp3) is 0.571. The molecule has 5 heteroatoms. The second-order valence-electron chi connectivity index (χ2n) is 5.02. The molecule has 0 heterocycles. The van der Waals surface area contributed by atoms with Crippen LogP contribution in [0.15, 0.2) is 24.3 Å². The van der Waals surface area contributed by atoms with Gasteiger partial charge in [-0.1, -0.05) is 12.1 Å². The molecule has 0 saturated carbocycles. The maximum atomic E-state index is 10.7. The molecule has 0 radical (unpaired) electrons. The van der Waals surface area contributed by atoms with Crippen LogP contribution in [-0.4, -0.2) is 38.2 Å². The second kappa shape index (κ2) is 7.86. The molecule has 2 N–H and O–H groups in total. The number of rotatable bonds is 8. The van der Waals surface area contributed by atoms with E-state index in [1.165, 1.54) is 4.90 Å².